The van der Waals surface area contributed by atoms with E-state index in [4.69, 9.17) is 10.6 Å². The number of hydrogen-bond donors (Lipinski definition) is 3. The highest BCUT2D eigenvalue weighted by Gasteiger charge is 2.14. The van der Waals surface area contributed by atoms with Crippen molar-refractivity contribution in [3.63, 3.8) is 0 Å². The number of hydrogen-bond acceptors (Lipinski definition) is 4. The standard InChI is InChI=1S/C11H19N3O/c1-7-5-8(2)10(15-4)9(6-7)11(13-3)14-12/h5-6,11,13-14H,12H2,1-4H3. The molecule has 0 spiro atoms. The lowest BCUT2D eigenvalue weighted by Crippen LogP contribution is -2.36. The van der Waals surface area contributed by atoms with Crippen LogP contribution in [0.25, 0.3) is 0 Å². The van der Waals surface area contributed by atoms with Gasteiger partial charge in [0, 0.05) is 5.56 Å². The Balaban J connectivity index is 3.24. The van der Waals surface area contributed by atoms with Gasteiger partial charge in [-0.2, -0.15) is 0 Å². The maximum Gasteiger partial charge on any atom is 0.127 e. The van der Waals surface area contributed by atoms with E-state index in [0.29, 0.717) is 0 Å². The van der Waals surface area contributed by atoms with Crippen molar-refractivity contribution in [1.82, 2.24) is 10.7 Å². The average Bonchev–Trinajstić information content (AvgIpc) is 2.19. The lowest BCUT2D eigenvalue weighted by atomic mass is 10.0. The van der Waals surface area contributed by atoms with Crippen molar-refractivity contribution >= 4 is 0 Å². The van der Waals surface area contributed by atoms with E-state index < -0.39 is 0 Å². The minimum Gasteiger partial charge on any atom is -0.496 e. The van der Waals surface area contributed by atoms with Crippen molar-refractivity contribution in [3.8, 4) is 5.75 Å². The number of rotatable bonds is 4. The van der Waals surface area contributed by atoms with E-state index in [-0.39, 0.29) is 6.17 Å². The predicted molar refractivity (Wildman–Crippen MR) is 61.6 cm³/mol. The van der Waals surface area contributed by atoms with Crippen LogP contribution in [-0.4, -0.2) is 14.2 Å². The van der Waals surface area contributed by atoms with Gasteiger partial charge in [0.25, 0.3) is 0 Å². The molecule has 0 bridgehead atoms. The molecule has 15 heavy (non-hydrogen) atoms. The molecule has 0 saturated heterocycles. The molecule has 0 fully saturated rings. The Morgan fingerprint density at radius 3 is 2.47 bits per heavy atom. The zero-order chi connectivity index (χ0) is 11.4. The third-order valence-electron chi connectivity index (χ3n) is 2.42. The summed E-state index contributed by atoms with van der Waals surface area (Å²) in [6, 6.07) is 4.15. The quantitative estimate of drug-likeness (QED) is 0.393. The van der Waals surface area contributed by atoms with Crippen LogP contribution in [0.15, 0.2) is 12.1 Å². The molecule has 1 aromatic rings. The summed E-state index contributed by atoms with van der Waals surface area (Å²) in [5.74, 6) is 6.34. The Kier molecular flexibility index (Phi) is 4.08. The van der Waals surface area contributed by atoms with Gasteiger partial charge in [-0.25, -0.2) is 5.43 Å². The molecular formula is C11H19N3O. The number of methoxy groups -OCH3 is 1. The Hall–Kier alpha value is -1.10. The number of aryl methyl sites for hydroxylation is 2. The average molecular weight is 209 g/mol. The molecule has 4 N–H and O–H groups in total. The summed E-state index contributed by atoms with van der Waals surface area (Å²) in [6.45, 7) is 4.08. The first kappa shape index (κ1) is 12.0. The zero-order valence-electron chi connectivity index (χ0n) is 9.72. The second-order valence-corrected chi connectivity index (χ2v) is 3.59. The topological polar surface area (TPSA) is 59.3 Å². The van der Waals surface area contributed by atoms with Crippen molar-refractivity contribution < 1.29 is 4.74 Å². The monoisotopic (exact) mass is 209 g/mol. The number of benzene rings is 1. The molecule has 0 saturated carbocycles. The lowest BCUT2D eigenvalue weighted by Gasteiger charge is -2.20. The molecule has 1 rings (SSSR count). The van der Waals surface area contributed by atoms with Crippen LogP contribution in [0.2, 0.25) is 0 Å². The van der Waals surface area contributed by atoms with E-state index in [1.54, 1.807) is 7.11 Å². The van der Waals surface area contributed by atoms with Crippen LogP contribution in [0, 0.1) is 13.8 Å². The fourth-order valence-electron chi connectivity index (χ4n) is 1.81. The van der Waals surface area contributed by atoms with Gasteiger partial charge in [0.15, 0.2) is 0 Å². The Morgan fingerprint density at radius 1 is 1.33 bits per heavy atom. The van der Waals surface area contributed by atoms with Crippen LogP contribution in [0.5, 0.6) is 5.75 Å². The summed E-state index contributed by atoms with van der Waals surface area (Å²) in [4.78, 5) is 0. The second kappa shape index (κ2) is 5.11. The number of ether oxygens (including phenoxy) is 1. The number of nitrogens with one attached hydrogen (secondary N) is 2. The molecule has 84 valence electrons. The Morgan fingerprint density at radius 2 is 2.00 bits per heavy atom. The van der Waals surface area contributed by atoms with Crippen molar-refractivity contribution in [2.24, 2.45) is 5.84 Å². The van der Waals surface area contributed by atoms with Gasteiger partial charge >= 0.3 is 0 Å². The van der Waals surface area contributed by atoms with Crippen molar-refractivity contribution in [2.45, 2.75) is 20.0 Å². The van der Waals surface area contributed by atoms with Gasteiger partial charge in [-0.05, 0) is 32.5 Å². The number of hydrazine groups is 1. The molecule has 0 heterocycles. The number of nitrogens with two attached hydrogens (primary N) is 1. The van der Waals surface area contributed by atoms with E-state index in [2.05, 4.69) is 29.8 Å². The minimum absolute atomic E-state index is 0.0986. The molecule has 0 radical (unpaired) electrons. The summed E-state index contributed by atoms with van der Waals surface area (Å²) < 4.78 is 5.38. The summed E-state index contributed by atoms with van der Waals surface area (Å²) in [7, 11) is 3.52. The van der Waals surface area contributed by atoms with Gasteiger partial charge in [-0.3, -0.25) is 5.84 Å². The molecule has 0 amide bonds. The fourth-order valence-corrected chi connectivity index (χ4v) is 1.81. The molecule has 0 aliphatic carbocycles. The molecule has 0 aliphatic heterocycles. The van der Waals surface area contributed by atoms with Crippen LogP contribution in [-0.2, 0) is 0 Å². The highest BCUT2D eigenvalue weighted by atomic mass is 16.5. The van der Waals surface area contributed by atoms with Crippen LogP contribution in [0.4, 0.5) is 0 Å². The Bertz CT molecular complexity index is 335. The first-order chi connectivity index (χ1) is 7.13. The van der Waals surface area contributed by atoms with Gasteiger partial charge in [0.2, 0.25) is 0 Å². The zero-order valence-corrected chi connectivity index (χ0v) is 9.72. The van der Waals surface area contributed by atoms with Gasteiger partial charge < -0.3 is 10.1 Å². The van der Waals surface area contributed by atoms with E-state index in [9.17, 15) is 0 Å². The summed E-state index contributed by atoms with van der Waals surface area (Å²) in [6.07, 6.45) is -0.0986. The SMILES string of the molecule is CNC(NN)c1cc(C)cc(C)c1OC. The molecule has 0 aromatic heterocycles. The van der Waals surface area contributed by atoms with Gasteiger partial charge in [0.05, 0.1) is 13.3 Å². The first-order valence-corrected chi connectivity index (χ1v) is 4.92. The molecule has 1 unspecified atom stereocenters. The van der Waals surface area contributed by atoms with Crippen LogP contribution in [0.1, 0.15) is 22.9 Å². The largest absolute Gasteiger partial charge is 0.496 e. The maximum absolute atomic E-state index is 5.47. The second-order valence-electron chi connectivity index (χ2n) is 3.59. The molecule has 4 nitrogen and oxygen atoms in total. The smallest absolute Gasteiger partial charge is 0.127 e. The van der Waals surface area contributed by atoms with Crippen molar-refractivity contribution in [2.75, 3.05) is 14.2 Å². The molecule has 0 aliphatic rings. The highest BCUT2D eigenvalue weighted by molar-refractivity contribution is 5.45. The van der Waals surface area contributed by atoms with Crippen LogP contribution >= 0.6 is 0 Å². The van der Waals surface area contributed by atoms with Crippen LogP contribution < -0.4 is 21.3 Å². The van der Waals surface area contributed by atoms with Gasteiger partial charge in [0.1, 0.15) is 5.75 Å². The molecule has 1 aromatic carbocycles. The summed E-state index contributed by atoms with van der Waals surface area (Å²) >= 11 is 0. The van der Waals surface area contributed by atoms with E-state index in [0.717, 1.165) is 16.9 Å². The Labute approximate surface area is 90.8 Å². The predicted octanol–water partition coefficient (Wildman–Crippen LogP) is 0.993. The third kappa shape index (κ3) is 2.47. The van der Waals surface area contributed by atoms with Gasteiger partial charge in [-0.1, -0.05) is 11.6 Å². The van der Waals surface area contributed by atoms with Crippen LogP contribution in [0.3, 0.4) is 0 Å². The van der Waals surface area contributed by atoms with E-state index >= 15 is 0 Å². The third-order valence-corrected chi connectivity index (χ3v) is 2.42. The highest BCUT2D eigenvalue weighted by Crippen LogP contribution is 2.28. The lowest BCUT2D eigenvalue weighted by molar-refractivity contribution is 0.388. The summed E-state index contributed by atoms with van der Waals surface area (Å²) in [5, 5.41) is 3.08. The van der Waals surface area contributed by atoms with Gasteiger partial charge in [-0.15, -0.1) is 0 Å². The van der Waals surface area contributed by atoms with Crippen molar-refractivity contribution in [1.29, 1.82) is 0 Å². The normalized spacial score (nSPS) is 12.6. The molecular weight excluding hydrogens is 190 g/mol. The maximum atomic E-state index is 5.47. The van der Waals surface area contributed by atoms with Crippen molar-refractivity contribution in [3.05, 3.63) is 28.8 Å². The van der Waals surface area contributed by atoms with E-state index in [1.165, 1.54) is 5.56 Å². The first-order valence-electron chi connectivity index (χ1n) is 4.92. The van der Waals surface area contributed by atoms with E-state index in [1.807, 2.05) is 14.0 Å². The minimum atomic E-state index is -0.0986. The molecule has 1 atom stereocenters. The fraction of sp³-hybridized carbons (Fsp3) is 0.455. The summed E-state index contributed by atoms with van der Waals surface area (Å²) in [5.41, 5.74) is 6.04. The molecule has 4 heteroatoms.